The number of thioether (sulfide) groups is 4. The van der Waals surface area contributed by atoms with E-state index in [1.165, 1.54) is 11.8 Å². The first-order valence-electron chi connectivity index (χ1n) is 6.24. The quantitative estimate of drug-likeness (QED) is 0.143. The topological polar surface area (TPSA) is 70.1 Å². The van der Waals surface area contributed by atoms with E-state index < -0.39 is 0 Å². The number of aliphatic hydroxyl groups is 1. The van der Waals surface area contributed by atoms with Crippen LogP contribution in [-0.2, 0) is 0 Å². The van der Waals surface area contributed by atoms with E-state index in [0.29, 0.717) is 10.5 Å². The molecular weight excluding hydrogens is 369 g/mol. The van der Waals surface area contributed by atoms with Crippen molar-refractivity contribution in [3.63, 3.8) is 0 Å². The van der Waals surface area contributed by atoms with Gasteiger partial charge in [0.2, 0.25) is 0 Å². The van der Waals surface area contributed by atoms with E-state index in [1.807, 2.05) is 23.5 Å². The summed E-state index contributed by atoms with van der Waals surface area (Å²) in [6.07, 6.45) is 0. The first-order valence-corrected chi connectivity index (χ1v) is 11.7. The van der Waals surface area contributed by atoms with Crippen LogP contribution in [0.2, 0.25) is 0 Å². The van der Waals surface area contributed by atoms with E-state index in [1.54, 1.807) is 11.8 Å². The second-order valence-corrected chi connectivity index (χ2v) is 9.59. The first kappa shape index (κ1) is 21.5. The number of hydrogen-bond acceptors (Lipinski definition) is 8. The molecule has 0 aliphatic carbocycles. The second kappa shape index (κ2) is 15.4. The lowest BCUT2D eigenvalue weighted by Crippen LogP contribution is -2.19. The Morgan fingerprint density at radius 1 is 1.10 bits per heavy atom. The molecule has 4 N–H and O–H groups in total. The molecule has 2 atom stereocenters. The Morgan fingerprint density at radius 3 is 2.40 bits per heavy atom. The number of rotatable bonds is 13. The van der Waals surface area contributed by atoms with Crippen molar-refractivity contribution in [1.29, 1.82) is 5.41 Å². The van der Waals surface area contributed by atoms with Crippen LogP contribution in [0.15, 0.2) is 0 Å². The Labute approximate surface area is 150 Å². The summed E-state index contributed by atoms with van der Waals surface area (Å²) in [5, 5.41) is 17.3. The van der Waals surface area contributed by atoms with Crippen LogP contribution in [0.3, 0.4) is 0 Å². The zero-order chi connectivity index (χ0) is 15.2. The van der Waals surface area contributed by atoms with Gasteiger partial charge in [0.15, 0.2) is 5.17 Å². The summed E-state index contributed by atoms with van der Waals surface area (Å²) in [7, 11) is 0. The van der Waals surface area contributed by atoms with Gasteiger partial charge in [0.25, 0.3) is 0 Å². The molecule has 0 amide bonds. The van der Waals surface area contributed by atoms with Crippen LogP contribution in [0, 0.1) is 5.41 Å². The molecule has 0 rings (SSSR count). The summed E-state index contributed by atoms with van der Waals surface area (Å²) in [4.78, 5) is 0. The summed E-state index contributed by atoms with van der Waals surface area (Å²) in [6.45, 7) is 0.223. The van der Waals surface area contributed by atoms with E-state index in [-0.39, 0.29) is 11.8 Å². The maximum atomic E-state index is 8.87. The van der Waals surface area contributed by atoms with Crippen molar-refractivity contribution in [3.8, 4) is 0 Å². The van der Waals surface area contributed by atoms with Crippen LogP contribution < -0.4 is 5.73 Å². The molecule has 120 valence electrons. The van der Waals surface area contributed by atoms with Crippen LogP contribution >= 0.6 is 72.3 Å². The van der Waals surface area contributed by atoms with Crippen molar-refractivity contribution in [1.82, 2.24) is 0 Å². The zero-order valence-corrected chi connectivity index (χ0v) is 16.4. The van der Waals surface area contributed by atoms with Crippen molar-refractivity contribution in [2.24, 2.45) is 5.73 Å². The van der Waals surface area contributed by atoms with Crippen molar-refractivity contribution in [2.75, 3.05) is 46.9 Å². The number of aliphatic hydroxyl groups excluding tert-OH is 1. The Hall–Kier alpha value is 1.53. The summed E-state index contributed by atoms with van der Waals surface area (Å²) in [6, 6.07) is 0. The fourth-order valence-electron chi connectivity index (χ4n) is 1.22. The summed E-state index contributed by atoms with van der Waals surface area (Å²) in [5.74, 6) is 6.52. The van der Waals surface area contributed by atoms with E-state index >= 15 is 0 Å². The smallest absolute Gasteiger partial charge is 0.151 e. The number of amidine groups is 1. The second-order valence-electron chi connectivity index (χ2n) is 3.83. The molecule has 20 heavy (non-hydrogen) atoms. The zero-order valence-electron chi connectivity index (χ0n) is 11.4. The average molecular weight is 393 g/mol. The standard InChI is InChI=1S/C11H24N2OS6/c12-11(13)20-8-10(6-17-4-2-15)19-7-9(5-16)18-3-1-14/h9-10,14-16H,1-8H2,(H3,12,13). The lowest BCUT2D eigenvalue weighted by atomic mass is 10.5. The summed E-state index contributed by atoms with van der Waals surface area (Å²) < 4.78 is 0. The van der Waals surface area contributed by atoms with Gasteiger partial charge in [-0.1, -0.05) is 11.8 Å². The average Bonchev–Trinajstić information content (AvgIpc) is 2.44. The lowest BCUT2D eigenvalue weighted by molar-refractivity contribution is 0.322. The van der Waals surface area contributed by atoms with E-state index in [0.717, 1.165) is 40.3 Å². The minimum Gasteiger partial charge on any atom is -0.396 e. The van der Waals surface area contributed by atoms with Crippen LogP contribution in [-0.4, -0.2) is 67.7 Å². The predicted molar refractivity (Wildman–Crippen MR) is 109 cm³/mol. The fraction of sp³-hybridized carbons (Fsp3) is 0.909. The van der Waals surface area contributed by atoms with Gasteiger partial charge < -0.3 is 10.8 Å². The number of hydrogen-bond donors (Lipinski definition) is 5. The van der Waals surface area contributed by atoms with Crippen LogP contribution in [0.1, 0.15) is 0 Å². The highest BCUT2D eigenvalue weighted by Crippen LogP contribution is 2.25. The van der Waals surface area contributed by atoms with Gasteiger partial charge in [-0.15, -0.1) is 0 Å². The summed E-state index contributed by atoms with van der Waals surface area (Å²) >= 11 is 15.6. The highest BCUT2D eigenvalue weighted by atomic mass is 32.2. The fourth-order valence-corrected chi connectivity index (χ4v) is 6.57. The third-order valence-corrected chi connectivity index (χ3v) is 8.61. The van der Waals surface area contributed by atoms with E-state index in [9.17, 15) is 0 Å². The molecule has 9 heteroatoms. The third-order valence-electron chi connectivity index (χ3n) is 2.13. The van der Waals surface area contributed by atoms with Gasteiger partial charge in [0.05, 0.1) is 6.61 Å². The first-order chi connectivity index (χ1) is 9.63. The van der Waals surface area contributed by atoms with Crippen LogP contribution in [0.5, 0.6) is 0 Å². The minimum absolute atomic E-state index is 0.190. The molecule has 0 heterocycles. The van der Waals surface area contributed by atoms with Gasteiger partial charge in [-0.25, -0.2) is 0 Å². The number of nitrogens with two attached hydrogens (primary N) is 1. The van der Waals surface area contributed by atoms with Crippen molar-refractivity contribution >= 4 is 77.5 Å². The molecule has 0 aliphatic rings. The van der Waals surface area contributed by atoms with E-state index in [2.05, 4.69) is 25.3 Å². The molecule has 0 bridgehead atoms. The molecule has 0 spiro atoms. The molecule has 0 saturated carbocycles. The molecule has 0 aliphatic heterocycles. The molecule has 0 aromatic carbocycles. The van der Waals surface area contributed by atoms with Gasteiger partial charge in [-0.3, -0.25) is 5.41 Å². The van der Waals surface area contributed by atoms with Crippen LogP contribution in [0.4, 0.5) is 0 Å². The van der Waals surface area contributed by atoms with Gasteiger partial charge in [0.1, 0.15) is 0 Å². The minimum atomic E-state index is 0.190. The monoisotopic (exact) mass is 392 g/mol. The highest BCUT2D eigenvalue weighted by molar-refractivity contribution is 8.14. The van der Waals surface area contributed by atoms with Crippen molar-refractivity contribution < 1.29 is 5.11 Å². The Bertz CT molecular complexity index is 247. The summed E-state index contributed by atoms with van der Waals surface area (Å²) in [5.41, 5.74) is 5.42. The van der Waals surface area contributed by atoms with Crippen LogP contribution in [0.25, 0.3) is 0 Å². The molecule has 0 fully saturated rings. The maximum Gasteiger partial charge on any atom is 0.151 e. The highest BCUT2D eigenvalue weighted by Gasteiger charge is 2.14. The van der Waals surface area contributed by atoms with Gasteiger partial charge in [0, 0.05) is 45.0 Å². The molecule has 2 unspecified atom stereocenters. The SMILES string of the molecule is N=C(N)SCC(CSCCS)SCC(CS)SCCO. The Balaban J connectivity index is 4.06. The predicted octanol–water partition coefficient (Wildman–Crippen LogP) is 2.40. The van der Waals surface area contributed by atoms with Gasteiger partial charge in [-0.05, 0) is 5.75 Å². The lowest BCUT2D eigenvalue weighted by Gasteiger charge is -2.19. The normalized spacial score (nSPS) is 14.2. The molecule has 0 aromatic heterocycles. The van der Waals surface area contributed by atoms with Crippen molar-refractivity contribution in [2.45, 2.75) is 10.5 Å². The molecule has 0 radical (unpaired) electrons. The number of thiol groups is 2. The Kier molecular flexibility index (Phi) is 16.6. The maximum absolute atomic E-state index is 8.87. The molecule has 0 saturated heterocycles. The third kappa shape index (κ3) is 13.2. The largest absolute Gasteiger partial charge is 0.396 e. The van der Waals surface area contributed by atoms with E-state index in [4.69, 9.17) is 16.2 Å². The van der Waals surface area contributed by atoms with Gasteiger partial charge >= 0.3 is 0 Å². The molecule has 0 aromatic rings. The molecule has 3 nitrogen and oxygen atoms in total. The number of nitrogens with one attached hydrogen (secondary N) is 1. The Morgan fingerprint density at radius 2 is 1.85 bits per heavy atom. The van der Waals surface area contributed by atoms with Gasteiger partial charge in [-0.2, -0.15) is 60.5 Å². The van der Waals surface area contributed by atoms with Crippen molar-refractivity contribution in [3.05, 3.63) is 0 Å². The molecular formula is C11H24N2OS6.